The Labute approximate surface area is 240 Å². The number of likely N-dealkylation sites (N-methyl/N-ethyl adjacent to an activating group) is 1. The molecular formula is C29H40BrN5O4. The fourth-order valence-electron chi connectivity index (χ4n) is 4.78. The molecule has 3 rings (SSSR count). The molecule has 2 aromatic carbocycles. The van der Waals surface area contributed by atoms with Crippen LogP contribution in [-0.4, -0.2) is 84.5 Å². The molecule has 0 radical (unpaired) electrons. The number of nitrogens with one attached hydrogen (secondary N) is 1. The van der Waals surface area contributed by atoms with Crippen LogP contribution in [0.5, 0.6) is 5.75 Å². The molecule has 10 heteroatoms. The number of nitrogens with zero attached hydrogens (tertiary/aromatic N) is 4. The van der Waals surface area contributed by atoms with E-state index in [0.717, 1.165) is 33.8 Å². The number of amides is 1. The van der Waals surface area contributed by atoms with Crippen molar-refractivity contribution in [3.8, 4) is 5.75 Å². The van der Waals surface area contributed by atoms with Crippen LogP contribution in [0.1, 0.15) is 58.2 Å². The van der Waals surface area contributed by atoms with Crippen molar-refractivity contribution >= 4 is 45.0 Å². The SMILES string of the molecule is CNC(=O)c1cc2c(cc1N(C)C)CN(CC(=O)c1cc(N(C)CCOC)c(OC)c(C(C)(C)C)c1)C2=NBr. The number of hydrogen-bond donors (Lipinski definition) is 1. The predicted octanol–water partition coefficient (Wildman–Crippen LogP) is 4.26. The zero-order valence-electron chi connectivity index (χ0n) is 24.4. The highest BCUT2D eigenvalue weighted by Gasteiger charge is 2.31. The van der Waals surface area contributed by atoms with Crippen LogP contribution in [0.2, 0.25) is 0 Å². The maximum absolute atomic E-state index is 13.8. The van der Waals surface area contributed by atoms with Gasteiger partial charge in [-0.25, -0.2) is 0 Å². The lowest BCUT2D eigenvalue weighted by Crippen LogP contribution is -2.31. The van der Waals surface area contributed by atoms with E-state index in [1.54, 1.807) is 21.3 Å². The number of amidine groups is 1. The molecule has 9 nitrogen and oxygen atoms in total. The molecule has 0 spiro atoms. The fourth-order valence-corrected chi connectivity index (χ4v) is 5.20. The van der Waals surface area contributed by atoms with Gasteiger partial charge in [-0.1, -0.05) is 20.8 Å². The largest absolute Gasteiger partial charge is 0.494 e. The van der Waals surface area contributed by atoms with Crippen LogP contribution in [0, 0.1) is 0 Å². The number of fused-ring (bicyclic) bond motifs is 1. The molecular weight excluding hydrogens is 562 g/mol. The number of hydrogen-bond acceptors (Lipinski definition) is 7. The van der Waals surface area contributed by atoms with Crippen molar-refractivity contribution in [1.82, 2.24) is 10.2 Å². The Morgan fingerprint density at radius 2 is 1.79 bits per heavy atom. The fraction of sp³-hybridized carbons (Fsp3) is 0.483. The third-order valence-electron chi connectivity index (χ3n) is 6.94. The van der Waals surface area contributed by atoms with Gasteiger partial charge in [-0.2, -0.15) is 4.02 Å². The number of Topliss-reactive ketones (excluding diaryl/α,β-unsaturated/α-hetero) is 1. The summed E-state index contributed by atoms with van der Waals surface area (Å²) in [4.78, 5) is 32.3. The summed E-state index contributed by atoms with van der Waals surface area (Å²) in [6, 6.07) is 7.68. The van der Waals surface area contributed by atoms with Crippen LogP contribution in [0.25, 0.3) is 0 Å². The Bertz CT molecular complexity index is 1270. The predicted molar refractivity (Wildman–Crippen MR) is 161 cm³/mol. The first-order valence-electron chi connectivity index (χ1n) is 12.8. The quantitative estimate of drug-likeness (QED) is 0.407. The van der Waals surface area contributed by atoms with Gasteiger partial charge in [0.25, 0.3) is 5.91 Å². The lowest BCUT2D eigenvalue weighted by molar-refractivity contribution is 0.0955. The topological polar surface area (TPSA) is 86.7 Å². The lowest BCUT2D eigenvalue weighted by atomic mass is 9.84. The monoisotopic (exact) mass is 601 g/mol. The van der Waals surface area contributed by atoms with Crippen LogP contribution in [0.15, 0.2) is 28.3 Å². The molecule has 1 N–H and O–H groups in total. The van der Waals surface area contributed by atoms with Gasteiger partial charge in [0.2, 0.25) is 0 Å². The Hall–Kier alpha value is -3.11. The smallest absolute Gasteiger partial charge is 0.253 e. The van der Waals surface area contributed by atoms with E-state index in [1.165, 1.54) is 0 Å². The average molecular weight is 603 g/mol. The summed E-state index contributed by atoms with van der Waals surface area (Å²) in [5, 5.41) is 2.71. The van der Waals surface area contributed by atoms with E-state index in [9.17, 15) is 9.59 Å². The van der Waals surface area contributed by atoms with Crippen molar-refractivity contribution in [2.45, 2.75) is 32.7 Å². The number of anilines is 2. The summed E-state index contributed by atoms with van der Waals surface area (Å²) in [6.07, 6.45) is 0. The Morgan fingerprint density at radius 3 is 2.33 bits per heavy atom. The highest BCUT2D eigenvalue weighted by atomic mass is 79.9. The maximum Gasteiger partial charge on any atom is 0.253 e. The zero-order valence-corrected chi connectivity index (χ0v) is 26.0. The zero-order chi connectivity index (χ0) is 29.1. The van der Waals surface area contributed by atoms with E-state index in [1.807, 2.05) is 55.2 Å². The molecule has 1 heterocycles. The molecule has 0 fully saturated rings. The Balaban J connectivity index is 2.01. The Kier molecular flexibility index (Phi) is 9.66. The minimum atomic E-state index is -0.246. The second kappa shape index (κ2) is 12.4. The molecule has 1 aliphatic heterocycles. The third-order valence-corrected chi connectivity index (χ3v) is 7.27. The molecule has 0 aliphatic carbocycles. The summed E-state index contributed by atoms with van der Waals surface area (Å²) in [5.41, 5.74) is 5.35. The maximum atomic E-state index is 13.8. The van der Waals surface area contributed by atoms with Gasteiger partial charge in [-0.3, -0.25) is 9.59 Å². The van der Waals surface area contributed by atoms with Gasteiger partial charge in [0.05, 0.1) is 47.7 Å². The summed E-state index contributed by atoms with van der Waals surface area (Å²) in [5.74, 6) is 1.16. The van der Waals surface area contributed by atoms with Gasteiger partial charge in [-0.15, -0.1) is 0 Å². The molecule has 2 aromatic rings. The first-order valence-corrected chi connectivity index (χ1v) is 13.5. The third kappa shape index (κ3) is 6.38. The van der Waals surface area contributed by atoms with Crippen LogP contribution in [0.4, 0.5) is 11.4 Å². The number of ether oxygens (including phenoxy) is 2. The number of rotatable bonds is 10. The van der Waals surface area contributed by atoms with Crippen molar-refractivity contribution < 1.29 is 19.1 Å². The van der Waals surface area contributed by atoms with Crippen LogP contribution in [0.3, 0.4) is 0 Å². The highest BCUT2D eigenvalue weighted by molar-refractivity contribution is 9.08. The van der Waals surface area contributed by atoms with E-state index < -0.39 is 0 Å². The number of ketones is 1. The van der Waals surface area contributed by atoms with Crippen LogP contribution < -0.4 is 19.9 Å². The van der Waals surface area contributed by atoms with Gasteiger partial charge in [-0.05, 0) is 35.2 Å². The minimum absolute atomic E-state index is 0.0367. The number of benzene rings is 2. The Morgan fingerprint density at radius 1 is 1.10 bits per heavy atom. The molecule has 0 aromatic heterocycles. The first-order chi connectivity index (χ1) is 18.4. The van der Waals surface area contributed by atoms with Crippen molar-refractivity contribution in [3.63, 3.8) is 0 Å². The molecule has 0 unspecified atom stereocenters. The summed E-state index contributed by atoms with van der Waals surface area (Å²) < 4.78 is 15.5. The van der Waals surface area contributed by atoms with Crippen LogP contribution in [-0.2, 0) is 16.7 Å². The van der Waals surface area contributed by atoms with Crippen molar-refractivity contribution in [3.05, 3.63) is 52.1 Å². The van der Waals surface area contributed by atoms with E-state index in [2.05, 4.69) is 51.2 Å². The van der Waals surface area contributed by atoms with Crippen molar-refractivity contribution in [1.29, 1.82) is 0 Å². The molecule has 0 atom stereocenters. The van der Waals surface area contributed by atoms with E-state index >= 15 is 0 Å². The minimum Gasteiger partial charge on any atom is -0.494 e. The average Bonchev–Trinajstić information content (AvgIpc) is 3.24. The molecule has 212 valence electrons. The van der Waals surface area contributed by atoms with Crippen molar-refractivity contribution in [2.24, 2.45) is 4.02 Å². The second-order valence-electron chi connectivity index (χ2n) is 10.9. The van der Waals surface area contributed by atoms with Gasteiger partial charge in [0, 0.05) is 70.8 Å². The number of halogens is 1. The van der Waals surface area contributed by atoms with E-state index in [-0.39, 0.29) is 23.7 Å². The van der Waals surface area contributed by atoms with Gasteiger partial charge >= 0.3 is 0 Å². The summed E-state index contributed by atoms with van der Waals surface area (Å²) in [6.45, 7) is 8.15. The van der Waals surface area contributed by atoms with E-state index in [4.69, 9.17) is 9.47 Å². The number of carbonyl (C=O) groups excluding carboxylic acids is 2. The molecule has 1 aliphatic rings. The first kappa shape index (κ1) is 30.4. The lowest BCUT2D eigenvalue weighted by Gasteiger charge is -2.29. The molecule has 1 amide bonds. The molecule has 0 saturated carbocycles. The summed E-state index contributed by atoms with van der Waals surface area (Å²) in [7, 11) is 10.7. The normalized spacial score (nSPS) is 13.9. The highest BCUT2D eigenvalue weighted by Crippen LogP contribution is 2.40. The van der Waals surface area contributed by atoms with Gasteiger partial charge < -0.3 is 29.5 Å². The number of methoxy groups -OCH3 is 2. The van der Waals surface area contributed by atoms with Crippen LogP contribution >= 0.6 is 16.1 Å². The molecule has 0 bridgehead atoms. The van der Waals surface area contributed by atoms with Crippen molar-refractivity contribution in [2.75, 3.05) is 71.9 Å². The van der Waals surface area contributed by atoms with Gasteiger partial charge in [0.1, 0.15) is 11.6 Å². The standard InChI is InChI=1S/C29H40BrN5O4/c1-29(2,3)22-12-18(13-24(26(22)39-9)34(7)10-11-38-8)25(36)17-35-16-19-14-23(33(5)6)21(28(37)31-4)15-20(19)27(35)32-30/h12-15H,10-11,16-17H2,1-9H3,(H,31,37). The molecule has 0 saturated heterocycles. The van der Waals surface area contributed by atoms with E-state index in [0.29, 0.717) is 36.7 Å². The number of carbonyl (C=O) groups is 2. The second-order valence-corrected chi connectivity index (χ2v) is 11.3. The summed E-state index contributed by atoms with van der Waals surface area (Å²) >= 11 is 3.26. The van der Waals surface area contributed by atoms with Gasteiger partial charge in [0.15, 0.2) is 5.78 Å². The molecule has 39 heavy (non-hydrogen) atoms.